The predicted octanol–water partition coefficient (Wildman–Crippen LogP) is 2.98. The summed E-state index contributed by atoms with van der Waals surface area (Å²) in [4.78, 5) is 14.1. The molecule has 144 valence electrons. The molecule has 2 aromatic rings. The fourth-order valence-electron chi connectivity index (χ4n) is 3.18. The predicted molar refractivity (Wildman–Crippen MR) is 99.9 cm³/mol. The Morgan fingerprint density at radius 1 is 1.11 bits per heavy atom. The van der Waals surface area contributed by atoms with E-state index in [4.69, 9.17) is 4.74 Å². The fraction of sp³-hybridized carbons (Fsp3) is 0.350. The minimum absolute atomic E-state index is 0.0692. The molecule has 1 amide bonds. The molecule has 0 radical (unpaired) electrons. The maximum atomic E-state index is 13.0. The van der Waals surface area contributed by atoms with Gasteiger partial charge in [-0.2, -0.15) is 0 Å². The Bertz CT molecular complexity index is 904. The zero-order valence-corrected chi connectivity index (χ0v) is 15.9. The van der Waals surface area contributed by atoms with Gasteiger partial charge in [-0.25, -0.2) is 12.8 Å². The summed E-state index contributed by atoms with van der Waals surface area (Å²) in [5.41, 5.74) is 0.953. The number of benzene rings is 2. The molecule has 0 atom stereocenters. The third-order valence-corrected chi connectivity index (χ3v) is 7.10. The fourth-order valence-corrected chi connectivity index (χ4v) is 4.91. The highest BCUT2D eigenvalue weighted by Crippen LogP contribution is 2.25. The number of amides is 1. The van der Waals surface area contributed by atoms with Gasteiger partial charge < -0.3 is 9.64 Å². The number of nitrogens with zero attached hydrogens (tertiary/aromatic N) is 1. The van der Waals surface area contributed by atoms with Gasteiger partial charge in [-0.1, -0.05) is 18.2 Å². The lowest BCUT2D eigenvalue weighted by Gasteiger charge is -2.31. The molecule has 0 saturated carbocycles. The Labute approximate surface area is 158 Å². The molecule has 7 heteroatoms. The lowest BCUT2D eigenvalue weighted by Crippen LogP contribution is -2.44. The molecule has 2 aromatic carbocycles. The molecule has 1 saturated heterocycles. The first-order valence-electron chi connectivity index (χ1n) is 8.83. The van der Waals surface area contributed by atoms with Crippen molar-refractivity contribution in [2.24, 2.45) is 0 Å². The van der Waals surface area contributed by atoms with E-state index in [9.17, 15) is 17.6 Å². The van der Waals surface area contributed by atoms with Gasteiger partial charge >= 0.3 is 0 Å². The largest absolute Gasteiger partial charge is 0.484 e. The molecular weight excluding hydrogens is 369 g/mol. The van der Waals surface area contributed by atoms with Crippen molar-refractivity contribution in [3.05, 3.63) is 59.9 Å². The van der Waals surface area contributed by atoms with Crippen LogP contribution in [-0.2, 0) is 14.6 Å². The number of carbonyl (C=O) groups excluding carboxylic acids is 1. The van der Waals surface area contributed by atoms with E-state index >= 15 is 0 Å². The van der Waals surface area contributed by atoms with Crippen LogP contribution in [0.25, 0.3) is 0 Å². The lowest BCUT2D eigenvalue weighted by molar-refractivity contribution is -0.134. The van der Waals surface area contributed by atoms with Gasteiger partial charge in [-0.05, 0) is 55.7 Å². The van der Waals surface area contributed by atoms with E-state index in [2.05, 4.69) is 0 Å². The maximum absolute atomic E-state index is 13.0. The third-order valence-electron chi connectivity index (χ3n) is 4.82. The van der Waals surface area contributed by atoms with Crippen molar-refractivity contribution in [3.8, 4) is 5.75 Å². The molecule has 1 aliphatic rings. The Hall–Kier alpha value is -2.41. The molecule has 0 unspecified atom stereocenters. The summed E-state index contributed by atoms with van der Waals surface area (Å²) in [6.07, 6.45) is 0.714. The number of aryl methyl sites for hydroxylation is 1. The van der Waals surface area contributed by atoms with Gasteiger partial charge in [0.05, 0.1) is 10.1 Å². The number of para-hydroxylation sites is 1. The van der Waals surface area contributed by atoms with Crippen LogP contribution in [0, 0.1) is 12.7 Å². The van der Waals surface area contributed by atoms with Crippen LogP contribution in [-0.4, -0.2) is 44.2 Å². The van der Waals surface area contributed by atoms with E-state index < -0.39 is 20.9 Å². The normalized spacial score (nSPS) is 15.6. The van der Waals surface area contributed by atoms with Crippen LogP contribution in [0.5, 0.6) is 5.75 Å². The van der Waals surface area contributed by atoms with E-state index in [1.54, 1.807) is 4.90 Å². The van der Waals surface area contributed by atoms with Crippen molar-refractivity contribution in [1.82, 2.24) is 4.90 Å². The average Bonchev–Trinajstić information content (AvgIpc) is 2.67. The summed E-state index contributed by atoms with van der Waals surface area (Å²) >= 11 is 0. The number of likely N-dealkylation sites (tertiary alicyclic amines) is 1. The number of halogens is 1. The highest BCUT2D eigenvalue weighted by atomic mass is 32.2. The second kappa shape index (κ2) is 8.08. The highest BCUT2D eigenvalue weighted by molar-refractivity contribution is 7.92. The second-order valence-corrected chi connectivity index (χ2v) is 8.86. The Morgan fingerprint density at radius 2 is 1.74 bits per heavy atom. The summed E-state index contributed by atoms with van der Waals surface area (Å²) in [7, 11) is -3.52. The van der Waals surface area contributed by atoms with Gasteiger partial charge in [-0.3, -0.25) is 4.79 Å². The quantitative estimate of drug-likeness (QED) is 0.735. The van der Waals surface area contributed by atoms with E-state index in [1.165, 1.54) is 12.1 Å². The Balaban J connectivity index is 1.56. The summed E-state index contributed by atoms with van der Waals surface area (Å²) < 4.78 is 44.0. The Morgan fingerprint density at radius 3 is 2.37 bits per heavy atom. The summed E-state index contributed by atoms with van der Waals surface area (Å²) in [5.74, 6) is 0.0403. The monoisotopic (exact) mass is 391 g/mol. The standard InChI is InChI=1S/C20H22FNO4S/c1-15-4-2-3-5-19(15)26-14-20(23)22-12-10-18(11-13-22)27(24,25)17-8-6-16(21)7-9-17/h2-9,18H,10-14H2,1H3. The average molecular weight is 391 g/mol. The van der Waals surface area contributed by atoms with Crippen molar-refractivity contribution < 1.29 is 22.3 Å². The zero-order valence-electron chi connectivity index (χ0n) is 15.1. The van der Waals surface area contributed by atoms with Crippen LogP contribution < -0.4 is 4.74 Å². The lowest BCUT2D eigenvalue weighted by atomic mass is 10.1. The first kappa shape index (κ1) is 19.4. The smallest absolute Gasteiger partial charge is 0.260 e. The van der Waals surface area contributed by atoms with Gasteiger partial charge in [0.15, 0.2) is 16.4 Å². The van der Waals surface area contributed by atoms with Gasteiger partial charge in [0.2, 0.25) is 0 Å². The number of hydrogen-bond donors (Lipinski definition) is 0. The van der Waals surface area contributed by atoms with Crippen LogP contribution in [0.4, 0.5) is 4.39 Å². The van der Waals surface area contributed by atoms with Crippen molar-refractivity contribution in [3.63, 3.8) is 0 Å². The van der Waals surface area contributed by atoms with E-state index in [1.807, 2.05) is 31.2 Å². The molecule has 0 N–H and O–H groups in total. The molecule has 1 heterocycles. The zero-order chi connectivity index (χ0) is 19.4. The molecule has 0 aromatic heterocycles. The van der Waals surface area contributed by atoms with Crippen molar-refractivity contribution in [2.75, 3.05) is 19.7 Å². The van der Waals surface area contributed by atoms with Gasteiger partial charge in [0, 0.05) is 13.1 Å². The van der Waals surface area contributed by atoms with Crippen LogP contribution in [0.2, 0.25) is 0 Å². The van der Waals surface area contributed by atoms with Crippen LogP contribution in [0.3, 0.4) is 0 Å². The molecule has 1 fully saturated rings. The van der Waals surface area contributed by atoms with Crippen LogP contribution in [0.1, 0.15) is 18.4 Å². The highest BCUT2D eigenvalue weighted by Gasteiger charge is 2.32. The second-order valence-electron chi connectivity index (χ2n) is 6.63. The minimum Gasteiger partial charge on any atom is -0.484 e. The number of piperidine rings is 1. The molecule has 3 rings (SSSR count). The van der Waals surface area contributed by atoms with Gasteiger partial charge in [0.1, 0.15) is 11.6 Å². The van der Waals surface area contributed by atoms with E-state index in [0.717, 1.165) is 17.7 Å². The molecular formula is C20H22FNO4S. The molecule has 0 bridgehead atoms. The van der Waals surface area contributed by atoms with Gasteiger partial charge in [0.25, 0.3) is 5.91 Å². The Kier molecular flexibility index (Phi) is 5.79. The van der Waals surface area contributed by atoms with E-state index in [-0.39, 0.29) is 17.4 Å². The number of hydrogen-bond acceptors (Lipinski definition) is 4. The number of carbonyl (C=O) groups is 1. The van der Waals surface area contributed by atoms with Crippen LogP contribution >= 0.6 is 0 Å². The minimum atomic E-state index is -3.52. The van der Waals surface area contributed by atoms with E-state index in [0.29, 0.717) is 31.7 Å². The summed E-state index contributed by atoms with van der Waals surface area (Å²) in [6.45, 7) is 2.56. The summed E-state index contributed by atoms with van der Waals surface area (Å²) in [6, 6.07) is 12.3. The third kappa shape index (κ3) is 4.47. The first-order valence-corrected chi connectivity index (χ1v) is 10.4. The van der Waals surface area contributed by atoms with Crippen molar-refractivity contribution >= 4 is 15.7 Å². The number of ether oxygens (including phenoxy) is 1. The topological polar surface area (TPSA) is 63.7 Å². The number of rotatable bonds is 5. The molecule has 5 nitrogen and oxygen atoms in total. The number of sulfone groups is 1. The summed E-state index contributed by atoms with van der Waals surface area (Å²) in [5, 5.41) is -0.565. The molecule has 0 aliphatic carbocycles. The van der Waals surface area contributed by atoms with Gasteiger partial charge in [-0.15, -0.1) is 0 Å². The molecule has 0 spiro atoms. The van der Waals surface area contributed by atoms with Crippen LogP contribution in [0.15, 0.2) is 53.4 Å². The molecule has 27 heavy (non-hydrogen) atoms. The van der Waals surface area contributed by atoms with Crippen molar-refractivity contribution in [1.29, 1.82) is 0 Å². The SMILES string of the molecule is Cc1ccccc1OCC(=O)N1CCC(S(=O)(=O)c2ccc(F)cc2)CC1. The molecule has 1 aliphatic heterocycles. The maximum Gasteiger partial charge on any atom is 0.260 e. The van der Waals surface area contributed by atoms with Crippen molar-refractivity contribution in [2.45, 2.75) is 29.9 Å². The first-order chi connectivity index (χ1) is 12.9.